The largest absolute Gasteiger partial charge is 0.492 e. The summed E-state index contributed by atoms with van der Waals surface area (Å²) < 4.78 is 6.53. The SMILES string of the molecule is CC(C)COc1ccc(C(=O)NCCC2=CCCCC2)cc1Br. The average molecular weight is 380 g/mol. The summed E-state index contributed by atoms with van der Waals surface area (Å²) in [5, 5.41) is 3.00. The van der Waals surface area contributed by atoms with Gasteiger partial charge in [0.25, 0.3) is 5.91 Å². The number of hydrogen-bond donors (Lipinski definition) is 1. The Morgan fingerprint density at radius 1 is 1.35 bits per heavy atom. The van der Waals surface area contributed by atoms with Crippen molar-refractivity contribution in [2.45, 2.75) is 46.0 Å². The molecule has 0 unspecified atom stereocenters. The van der Waals surface area contributed by atoms with Gasteiger partial charge in [0.2, 0.25) is 0 Å². The van der Waals surface area contributed by atoms with E-state index in [0.29, 0.717) is 24.6 Å². The van der Waals surface area contributed by atoms with E-state index in [1.165, 1.54) is 31.3 Å². The molecule has 0 radical (unpaired) electrons. The van der Waals surface area contributed by atoms with Crippen LogP contribution in [0.25, 0.3) is 0 Å². The van der Waals surface area contributed by atoms with Crippen molar-refractivity contribution in [1.29, 1.82) is 0 Å². The molecule has 0 saturated carbocycles. The lowest BCUT2D eigenvalue weighted by molar-refractivity contribution is 0.0954. The van der Waals surface area contributed by atoms with E-state index < -0.39 is 0 Å². The highest BCUT2D eigenvalue weighted by molar-refractivity contribution is 9.10. The van der Waals surface area contributed by atoms with Gasteiger partial charge in [0, 0.05) is 12.1 Å². The molecule has 2 rings (SSSR count). The molecule has 0 heterocycles. The minimum Gasteiger partial charge on any atom is -0.492 e. The second kappa shape index (κ2) is 9.11. The predicted octanol–water partition coefficient (Wildman–Crippen LogP) is 5.10. The van der Waals surface area contributed by atoms with Crippen molar-refractivity contribution in [2.75, 3.05) is 13.2 Å². The fourth-order valence-corrected chi connectivity index (χ4v) is 3.08. The van der Waals surface area contributed by atoms with E-state index in [-0.39, 0.29) is 5.91 Å². The Bertz CT molecular complexity index is 566. The molecule has 1 aromatic carbocycles. The molecule has 3 nitrogen and oxygen atoms in total. The van der Waals surface area contributed by atoms with Gasteiger partial charge in [-0.05, 0) is 72.2 Å². The first kappa shape index (κ1) is 18.1. The van der Waals surface area contributed by atoms with Crippen LogP contribution in [-0.4, -0.2) is 19.1 Å². The number of rotatable bonds is 7. The number of carbonyl (C=O) groups excluding carboxylic acids is 1. The average Bonchev–Trinajstić information content (AvgIpc) is 2.54. The van der Waals surface area contributed by atoms with E-state index in [2.05, 4.69) is 41.2 Å². The molecule has 1 N–H and O–H groups in total. The highest BCUT2D eigenvalue weighted by atomic mass is 79.9. The monoisotopic (exact) mass is 379 g/mol. The van der Waals surface area contributed by atoms with Crippen molar-refractivity contribution < 1.29 is 9.53 Å². The van der Waals surface area contributed by atoms with Crippen molar-refractivity contribution in [3.8, 4) is 5.75 Å². The second-order valence-electron chi connectivity index (χ2n) is 6.46. The van der Waals surface area contributed by atoms with Crippen LogP contribution in [0, 0.1) is 5.92 Å². The molecule has 1 amide bonds. The van der Waals surface area contributed by atoms with Crippen molar-refractivity contribution in [2.24, 2.45) is 5.92 Å². The van der Waals surface area contributed by atoms with Gasteiger partial charge in [-0.25, -0.2) is 0 Å². The lowest BCUT2D eigenvalue weighted by Crippen LogP contribution is -2.24. The smallest absolute Gasteiger partial charge is 0.251 e. The van der Waals surface area contributed by atoms with Crippen molar-refractivity contribution in [3.63, 3.8) is 0 Å². The lowest BCUT2D eigenvalue weighted by Gasteiger charge is -2.13. The van der Waals surface area contributed by atoms with Crippen LogP contribution in [0.5, 0.6) is 5.75 Å². The van der Waals surface area contributed by atoms with Crippen LogP contribution in [0.15, 0.2) is 34.3 Å². The minimum atomic E-state index is -0.0301. The Morgan fingerprint density at radius 2 is 2.17 bits per heavy atom. The Balaban J connectivity index is 1.84. The third-order valence-electron chi connectivity index (χ3n) is 3.88. The zero-order valence-corrected chi connectivity index (χ0v) is 15.6. The number of allylic oxidation sites excluding steroid dienone is 1. The van der Waals surface area contributed by atoms with E-state index >= 15 is 0 Å². The van der Waals surface area contributed by atoms with E-state index in [1.54, 1.807) is 0 Å². The number of carbonyl (C=O) groups is 1. The topological polar surface area (TPSA) is 38.3 Å². The number of amides is 1. The summed E-state index contributed by atoms with van der Waals surface area (Å²) >= 11 is 3.48. The van der Waals surface area contributed by atoms with Gasteiger partial charge in [-0.2, -0.15) is 0 Å². The molecular formula is C19H26BrNO2. The molecule has 1 aromatic rings. The molecule has 0 atom stereocenters. The van der Waals surface area contributed by atoms with E-state index in [0.717, 1.165) is 16.6 Å². The first-order valence-corrected chi connectivity index (χ1v) is 9.24. The standard InChI is InChI=1S/C19H26BrNO2/c1-14(2)13-23-18-9-8-16(12-17(18)20)19(22)21-11-10-15-6-4-3-5-7-15/h6,8-9,12,14H,3-5,7,10-11,13H2,1-2H3,(H,21,22). The molecule has 0 bridgehead atoms. The molecule has 4 heteroatoms. The van der Waals surface area contributed by atoms with Gasteiger partial charge in [0.15, 0.2) is 0 Å². The van der Waals surface area contributed by atoms with Gasteiger partial charge in [-0.1, -0.05) is 25.5 Å². The number of halogens is 1. The van der Waals surface area contributed by atoms with Crippen LogP contribution in [0.4, 0.5) is 0 Å². The maximum Gasteiger partial charge on any atom is 0.251 e. The second-order valence-corrected chi connectivity index (χ2v) is 7.32. The summed E-state index contributed by atoms with van der Waals surface area (Å²) in [6.07, 6.45) is 8.24. The third kappa shape index (κ3) is 6.02. The maximum atomic E-state index is 12.2. The zero-order valence-electron chi connectivity index (χ0n) is 14.0. The first-order chi connectivity index (χ1) is 11.1. The molecule has 23 heavy (non-hydrogen) atoms. The summed E-state index contributed by atoms with van der Waals surface area (Å²) in [4.78, 5) is 12.2. The van der Waals surface area contributed by atoms with Gasteiger partial charge in [0.05, 0.1) is 11.1 Å². The molecule has 0 spiro atoms. The maximum absolute atomic E-state index is 12.2. The van der Waals surface area contributed by atoms with Gasteiger partial charge in [-0.15, -0.1) is 0 Å². The lowest BCUT2D eigenvalue weighted by atomic mass is 9.97. The van der Waals surface area contributed by atoms with Crippen LogP contribution in [0.1, 0.15) is 56.3 Å². The third-order valence-corrected chi connectivity index (χ3v) is 4.50. The molecule has 0 aromatic heterocycles. The molecule has 0 saturated heterocycles. The summed E-state index contributed by atoms with van der Waals surface area (Å²) in [5.74, 6) is 1.22. The summed E-state index contributed by atoms with van der Waals surface area (Å²) in [6.45, 7) is 5.59. The van der Waals surface area contributed by atoms with Crippen LogP contribution >= 0.6 is 15.9 Å². The molecule has 1 aliphatic carbocycles. The Kier molecular flexibility index (Phi) is 7.15. The first-order valence-electron chi connectivity index (χ1n) is 8.44. The molecule has 0 fully saturated rings. The van der Waals surface area contributed by atoms with E-state index in [9.17, 15) is 4.79 Å². The van der Waals surface area contributed by atoms with E-state index in [4.69, 9.17) is 4.74 Å². The fourth-order valence-electron chi connectivity index (χ4n) is 2.59. The quantitative estimate of drug-likeness (QED) is 0.668. The van der Waals surface area contributed by atoms with Gasteiger partial charge < -0.3 is 10.1 Å². The van der Waals surface area contributed by atoms with Crippen molar-refractivity contribution in [1.82, 2.24) is 5.32 Å². The molecular weight excluding hydrogens is 354 g/mol. The van der Waals surface area contributed by atoms with Crippen LogP contribution in [-0.2, 0) is 0 Å². The number of hydrogen-bond acceptors (Lipinski definition) is 2. The Hall–Kier alpha value is -1.29. The van der Waals surface area contributed by atoms with Crippen molar-refractivity contribution >= 4 is 21.8 Å². The van der Waals surface area contributed by atoms with Gasteiger partial charge >= 0.3 is 0 Å². The Labute approximate surface area is 147 Å². The molecule has 0 aliphatic heterocycles. The van der Waals surface area contributed by atoms with Crippen LogP contribution in [0.3, 0.4) is 0 Å². The minimum absolute atomic E-state index is 0.0301. The highest BCUT2D eigenvalue weighted by Gasteiger charge is 2.10. The van der Waals surface area contributed by atoms with E-state index in [1.807, 2.05) is 18.2 Å². The zero-order chi connectivity index (χ0) is 16.7. The highest BCUT2D eigenvalue weighted by Crippen LogP contribution is 2.26. The fraction of sp³-hybridized carbons (Fsp3) is 0.526. The molecule has 126 valence electrons. The summed E-state index contributed by atoms with van der Waals surface area (Å²) in [6, 6.07) is 5.49. The summed E-state index contributed by atoms with van der Waals surface area (Å²) in [7, 11) is 0. The normalized spacial score (nSPS) is 14.5. The van der Waals surface area contributed by atoms with Crippen LogP contribution < -0.4 is 10.1 Å². The van der Waals surface area contributed by atoms with Gasteiger partial charge in [-0.3, -0.25) is 4.79 Å². The van der Waals surface area contributed by atoms with Crippen molar-refractivity contribution in [3.05, 3.63) is 39.9 Å². The summed E-state index contributed by atoms with van der Waals surface area (Å²) in [5.41, 5.74) is 2.14. The Morgan fingerprint density at radius 3 is 2.83 bits per heavy atom. The number of nitrogens with one attached hydrogen (secondary N) is 1. The number of ether oxygens (including phenoxy) is 1. The van der Waals surface area contributed by atoms with Crippen LogP contribution in [0.2, 0.25) is 0 Å². The van der Waals surface area contributed by atoms with Gasteiger partial charge in [0.1, 0.15) is 5.75 Å². The predicted molar refractivity (Wildman–Crippen MR) is 98.0 cm³/mol. The molecule has 1 aliphatic rings. The number of benzene rings is 1.